The molecule has 0 spiro atoms. The summed E-state index contributed by atoms with van der Waals surface area (Å²) >= 11 is 0. The van der Waals surface area contributed by atoms with Crippen LogP contribution in [0, 0.1) is 0 Å². The predicted octanol–water partition coefficient (Wildman–Crippen LogP) is 4.17. The third-order valence-electron chi connectivity index (χ3n) is 3.60. The van der Waals surface area contributed by atoms with Gasteiger partial charge >= 0.3 is 0 Å². The van der Waals surface area contributed by atoms with Crippen LogP contribution in [-0.4, -0.2) is 20.4 Å². The Morgan fingerprint density at radius 3 is 2.42 bits per heavy atom. The van der Waals surface area contributed by atoms with Crippen LogP contribution >= 0.6 is 0 Å². The Bertz CT molecular complexity index is 1040. The number of hydrogen-bond donors (Lipinski definition) is 1. The van der Waals surface area contributed by atoms with E-state index in [4.69, 9.17) is 5.11 Å². The molecule has 4 aromatic rings. The zero-order chi connectivity index (χ0) is 17.8. The van der Waals surface area contributed by atoms with Gasteiger partial charge in [0.15, 0.2) is 5.78 Å². The van der Waals surface area contributed by atoms with Crippen molar-refractivity contribution in [2.45, 2.75) is 13.8 Å². The van der Waals surface area contributed by atoms with Crippen LogP contribution in [0.15, 0.2) is 72.8 Å². The third-order valence-corrected chi connectivity index (χ3v) is 3.60. The Balaban J connectivity index is 0.000000265. The molecule has 135 valence electrons. The number of aromatic nitrogens is 3. The van der Waals surface area contributed by atoms with E-state index in [1.165, 1.54) is 19.9 Å². The van der Waals surface area contributed by atoms with E-state index in [1.54, 1.807) is 0 Å². The second-order valence-corrected chi connectivity index (χ2v) is 5.62. The monoisotopic (exact) mass is 525 g/mol. The van der Waals surface area contributed by atoms with Crippen LogP contribution in [-0.2, 0) is 24.9 Å². The van der Waals surface area contributed by atoms with E-state index < -0.39 is 0 Å². The molecule has 0 aliphatic carbocycles. The number of aliphatic hydroxyl groups excluding tert-OH is 1. The molecule has 0 saturated carbocycles. The minimum atomic E-state index is -0.125. The molecule has 5 nitrogen and oxygen atoms in total. The Hall–Kier alpha value is -2.69. The van der Waals surface area contributed by atoms with E-state index in [1.807, 2.05) is 42.7 Å². The zero-order valence-electron chi connectivity index (χ0n) is 14.4. The molecule has 1 radical (unpaired) electrons. The molecule has 0 aliphatic heterocycles. The molecule has 26 heavy (non-hydrogen) atoms. The number of nitrogens with zero attached hydrogens (tertiary/aromatic N) is 3. The van der Waals surface area contributed by atoms with Crippen LogP contribution in [0.25, 0.3) is 27.8 Å². The van der Waals surface area contributed by atoms with E-state index in [2.05, 4.69) is 32.7 Å². The van der Waals surface area contributed by atoms with Crippen molar-refractivity contribution in [3.63, 3.8) is 0 Å². The number of para-hydroxylation sites is 1. The number of carbonyl (C=O) groups is 1. The zero-order valence-corrected chi connectivity index (χ0v) is 16.8. The van der Waals surface area contributed by atoms with Gasteiger partial charge in [0.1, 0.15) is 0 Å². The second-order valence-electron chi connectivity index (χ2n) is 5.62. The summed E-state index contributed by atoms with van der Waals surface area (Å²) in [7, 11) is 0. The molecule has 6 heteroatoms. The van der Waals surface area contributed by atoms with Crippen LogP contribution < -0.4 is 4.98 Å². The second kappa shape index (κ2) is 8.61. The molecular weight excluding hydrogens is 506 g/mol. The fraction of sp³-hybridized carbons (Fsp3) is 0.100. The molecule has 4 rings (SSSR count). The van der Waals surface area contributed by atoms with E-state index in [-0.39, 0.29) is 31.6 Å². The standard InChI is InChI=1S/C15H10N3.C5H8O2.Ir/c1-2-5-11(6-3-1)18-12-7-4-9-16-14(12)15-13(18)8-10-17-15;1-4(6)3-5(2)7;/h1-10H;3,6H,1-2H3;/q-1;;/b;4-3-;. The maximum absolute atomic E-state index is 10.0. The number of rotatable bonds is 2. The first kappa shape index (κ1) is 19.6. The van der Waals surface area contributed by atoms with Gasteiger partial charge in [0, 0.05) is 43.6 Å². The summed E-state index contributed by atoms with van der Waals surface area (Å²) in [6.07, 6.45) is 4.81. The first-order chi connectivity index (χ1) is 12.1. The number of pyridine rings is 1. The van der Waals surface area contributed by atoms with E-state index in [0.29, 0.717) is 0 Å². The van der Waals surface area contributed by atoms with Crippen molar-refractivity contribution in [1.29, 1.82) is 0 Å². The average molecular weight is 525 g/mol. The molecular formula is C20H18IrN3O2-. The maximum atomic E-state index is 10.0. The van der Waals surface area contributed by atoms with Crippen molar-refractivity contribution in [2.75, 3.05) is 0 Å². The molecule has 0 amide bonds. The molecule has 3 heterocycles. The summed E-state index contributed by atoms with van der Waals surface area (Å²) in [5.74, 6) is -0.0625. The van der Waals surface area contributed by atoms with Gasteiger partial charge in [-0.1, -0.05) is 29.8 Å². The molecule has 0 unspecified atom stereocenters. The minimum absolute atomic E-state index is 0. The molecule has 0 saturated heterocycles. The minimum Gasteiger partial charge on any atom is -0.661 e. The smallest absolute Gasteiger partial charge is 0.155 e. The first-order valence-electron chi connectivity index (χ1n) is 7.88. The molecule has 1 N–H and O–H groups in total. The fourth-order valence-corrected chi connectivity index (χ4v) is 2.73. The summed E-state index contributed by atoms with van der Waals surface area (Å²) in [6.45, 7) is 2.85. The summed E-state index contributed by atoms with van der Waals surface area (Å²) in [5.41, 5.74) is 5.27. The number of benzene rings is 1. The van der Waals surface area contributed by atoms with Crippen molar-refractivity contribution in [1.82, 2.24) is 14.5 Å². The van der Waals surface area contributed by atoms with Gasteiger partial charge in [-0.15, -0.1) is 0 Å². The number of ketones is 1. The number of aliphatic hydroxyl groups is 1. The summed E-state index contributed by atoms with van der Waals surface area (Å²) in [6, 6.07) is 16.4. The van der Waals surface area contributed by atoms with Crippen LogP contribution in [0.2, 0.25) is 0 Å². The van der Waals surface area contributed by atoms with Gasteiger partial charge in [-0.25, -0.2) is 0 Å². The largest absolute Gasteiger partial charge is 0.661 e. The van der Waals surface area contributed by atoms with Gasteiger partial charge in [-0.2, -0.15) is 6.20 Å². The van der Waals surface area contributed by atoms with Gasteiger partial charge in [-0.05, 0) is 38.1 Å². The topological polar surface area (TPSA) is 69.2 Å². The Kier molecular flexibility index (Phi) is 6.50. The first-order valence-corrected chi connectivity index (χ1v) is 7.88. The van der Waals surface area contributed by atoms with E-state index in [0.717, 1.165) is 27.8 Å². The van der Waals surface area contributed by atoms with Crippen LogP contribution in [0.4, 0.5) is 0 Å². The molecule has 1 aromatic carbocycles. The molecule has 3 aromatic heterocycles. The van der Waals surface area contributed by atoms with Gasteiger partial charge in [0.25, 0.3) is 0 Å². The Morgan fingerprint density at radius 1 is 1.08 bits per heavy atom. The van der Waals surface area contributed by atoms with Gasteiger partial charge in [0.2, 0.25) is 0 Å². The number of carbonyl (C=O) groups excluding carboxylic acids is 1. The van der Waals surface area contributed by atoms with Crippen LogP contribution in [0.5, 0.6) is 0 Å². The third kappa shape index (κ3) is 4.10. The van der Waals surface area contributed by atoms with E-state index in [9.17, 15) is 4.79 Å². The quantitative estimate of drug-likeness (QED) is 0.316. The Morgan fingerprint density at radius 2 is 1.81 bits per heavy atom. The predicted molar refractivity (Wildman–Crippen MR) is 99.0 cm³/mol. The van der Waals surface area contributed by atoms with Crippen molar-refractivity contribution < 1.29 is 30.0 Å². The van der Waals surface area contributed by atoms with Gasteiger partial charge in [-0.3, -0.25) is 9.78 Å². The fourth-order valence-electron chi connectivity index (χ4n) is 2.73. The van der Waals surface area contributed by atoms with Crippen molar-refractivity contribution in [3.8, 4) is 5.69 Å². The number of allylic oxidation sites excluding steroid dienone is 2. The maximum Gasteiger partial charge on any atom is 0.155 e. The van der Waals surface area contributed by atoms with Gasteiger partial charge in [0.05, 0.1) is 16.8 Å². The average Bonchev–Trinajstić information content (AvgIpc) is 3.15. The SMILES string of the molecule is CC(=O)/C=C(/C)O.[Ir].c1ccc(-n2c3cccnc3c3[n-]ccc32)cc1. The van der Waals surface area contributed by atoms with Crippen molar-refractivity contribution in [3.05, 3.63) is 72.8 Å². The van der Waals surface area contributed by atoms with Crippen LogP contribution in [0.3, 0.4) is 0 Å². The van der Waals surface area contributed by atoms with Crippen molar-refractivity contribution in [2.24, 2.45) is 0 Å². The summed E-state index contributed by atoms with van der Waals surface area (Å²) in [4.78, 5) is 18.9. The van der Waals surface area contributed by atoms with Crippen LogP contribution in [0.1, 0.15) is 13.8 Å². The Labute approximate surface area is 164 Å². The molecule has 0 atom stereocenters. The van der Waals surface area contributed by atoms with Gasteiger partial charge < -0.3 is 14.7 Å². The summed E-state index contributed by atoms with van der Waals surface area (Å²) in [5, 5.41) is 8.36. The molecule has 0 fully saturated rings. The number of fused-ring (bicyclic) bond motifs is 3. The molecule has 0 aliphatic rings. The van der Waals surface area contributed by atoms with E-state index >= 15 is 0 Å². The normalized spacial score (nSPS) is 10.9. The molecule has 0 bridgehead atoms. The summed E-state index contributed by atoms with van der Waals surface area (Å²) < 4.78 is 2.20. The number of hydrogen-bond acceptors (Lipinski definition) is 3. The van der Waals surface area contributed by atoms with Crippen molar-refractivity contribution >= 4 is 27.9 Å².